The Bertz CT molecular complexity index is 359. The highest BCUT2D eigenvalue weighted by molar-refractivity contribution is 5.54. The fraction of sp³-hybridized carbons (Fsp3) is 0.182. The molecule has 0 aliphatic carbocycles. The second-order valence-corrected chi connectivity index (χ2v) is 2.99. The van der Waals surface area contributed by atoms with Crippen LogP contribution in [0.15, 0.2) is 36.7 Å². The topological polar surface area (TPSA) is 28.7 Å². The summed E-state index contributed by atoms with van der Waals surface area (Å²) in [5.74, 6) is 0.933. The molecule has 0 saturated carbocycles. The molecule has 0 bridgehead atoms. The van der Waals surface area contributed by atoms with Crippen LogP contribution in [-0.4, -0.2) is 9.97 Å². The van der Waals surface area contributed by atoms with E-state index in [9.17, 15) is 0 Å². The van der Waals surface area contributed by atoms with Crippen molar-refractivity contribution in [3.63, 3.8) is 0 Å². The van der Waals surface area contributed by atoms with E-state index in [0.29, 0.717) is 0 Å². The van der Waals surface area contributed by atoms with E-state index < -0.39 is 0 Å². The molecule has 13 heavy (non-hydrogen) atoms. The summed E-state index contributed by atoms with van der Waals surface area (Å²) >= 11 is 0. The standard InChI is InChI=1S/C11H12N2/c1-2-9-3-5-10(6-4-9)11-12-7-8-13-11/h3-8H,2H2,1H3,(H,12,13). The first kappa shape index (κ1) is 8.05. The van der Waals surface area contributed by atoms with E-state index in [1.165, 1.54) is 5.56 Å². The van der Waals surface area contributed by atoms with Crippen molar-refractivity contribution in [3.8, 4) is 11.4 Å². The van der Waals surface area contributed by atoms with Crippen molar-refractivity contribution in [1.29, 1.82) is 0 Å². The number of aromatic amines is 1. The van der Waals surface area contributed by atoms with Gasteiger partial charge in [0.1, 0.15) is 5.82 Å². The number of hydrogen-bond donors (Lipinski definition) is 1. The second-order valence-electron chi connectivity index (χ2n) is 2.99. The zero-order chi connectivity index (χ0) is 9.10. The van der Waals surface area contributed by atoms with Gasteiger partial charge in [0.05, 0.1) is 0 Å². The van der Waals surface area contributed by atoms with Gasteiger partial charge in [-0.25, -0.2) is 4.98 Å². The Morgan fingerprint density at radius 3 is 2.54 bits per heavy atom. The van der Waals surface area contributed by atoms with E-state index in [2.05, 4.69) is 41.2 Å². The van der Waals surface area contributed by atoms with Gasteiger partial charge in [-0.1, -0.05) is 31.2 Å². The minimum atomic E-state index is 0.933. The largest absolute Gasteiger partial charge is 0.345 e. The lowest BCUT2D eigenvalue weighted by Gasteiger charge is -1.98. The van der Waals surface area contributed by atoms with Crippen LogP contribution in [0.5, 0.6) is 0 Å². The summed E-state index contributed by atoms with van der Waals surface area (Å²) in [6, 6.07) is 8.46. The van der Waals surface area contributed by atoms with Crippen LogP contribution in [0, 0.1) is 0 Å². The predicted molar refractivity (Wildman–Crippen MR) is 53.4 cm³/mol. The average Bonchev–Trinajstić information content (AvgIpc) is 2.71. The Balaban J connectivity index is 2.33. The van der Waals surface area contributed by atoms with Gasteiger partial charge < -0.3 is 4.98 Å². The zero-order valence-corrected chi connectivity index (χ0v) is 7.62. The van der Waals surface area contributed by atoms with Gasteiger partial charge in [-0.3, -0.25) is 0 Å². The summed E-state index contributed by atoms with van der Waals surface area (Å²) in [6.45, 7) is 2.15. The maximum atomic E-state index is 4.19. The summed E-state index contributed by atoms with van der Waals surface area (Å²) in [7, 11) is 0. The molecule has 0 saturated heterocycles. The van der Waals surface area contributed by atoms with Crippen molar-refractivity contribution in [2.75, 3.05) is 0 Å². The monoisotopic (exact) mass is 172 g/mol. The molecule has 0 atom stereocenters. The van der Waals surface area contributed by atoms with E-state index in [1.54, 1.807) is 6.20 Å². The highest BCUT2D eigenvalue weighted by Crippen LogP contribution is 2.14. The average molecular weight is 172 g/mol. The molecule has 0 unspecified atom stereocenters. The summed E-state index contributed by atoms with van der Waals surface area (Å²) in [6.07, 6.45) is 4.69. The van der Waals surface area contributed by atoms with Gasteiger partial charge in [-0.15, -0.1) is 0 Å². The van der Waals surface area contributed by atoms with Gasteiger partial charge in [-0.2, -0.15) is 0 Å². The number of imidazole rings is 1. The van der Waals surface area contributed by atoms with Gasteiger partial charge >= 0.3 is 0 Å². The van der Waals surface area contributed by atoms with Gasteiger partial charge in [0.2, 0.25) is 0 Å². The van der Waals surface area contributed by atoms with Crippen LogP contribution in [0.3, 0.4) is 0 Å². The molecule has 2 heteroatoms. The van der Waals surface area contributed by atoms with Gasteiger partial charge in [0, 0.05) is 18.0 Å². The van der Waals surface area contributed by atoms with Crippen LogP contribution >= 0.6 is 0 Å². The number of nitrogens with zero attached hydrogens (tertiary/aromatic N) is 1. The Labute approximate surface area is 77.6 Å². The van der Waals surface area contributed by atoms with Crippen LogP contribution in [0.4, 0.5) is 0 Å². The van der Waals surface area contributed by atoms with Crippen LogP contribution in [0.25, 0.3) is 11.4 Å². The molecule has 0 aliphatic heterocycles. The quantitative estimate of drug-likeness (QED) is 0.741. The number of H-pyrrole nitrogens is 1. The Hall–Kier alpha value is -1.57. The number of benzene rings is 1. The molecular formula is C11H12N2. The van der Waals surface area contributed by atoms with Crippen molar-refractivity contribution in [2.45, 2.75) is 13.3 Å². The Morgan fingerprint density at radius 1 is 1.23 bits per heavy atom. The first-order valence-electron chi connectivity index (χ1n) is 4.49. The molecule has 1 heterocycles. The number of nitrogens with one attached hydrogen (secondary N) is 1. The van der Waals surface area contributed by atoms with Crippen LogP contribution in [-0.2, 0) is 6.42 Å². The SMILES string of the molecule is CCc1ccc(-c2ncc[nH]2)cc1. The molecule has 0 spiro atoms. The molecule has 0 fully saturated rings. The molecule has 1 aromatic carbocycles. The van der Waals surface area contributed by atoms with Crippen molar-refractivity contribution < 1.29 is 0 Å². The molecular weight excluding hydrogens is 160 g/mol. The molecule has 0 amide bonds. The first-order valence-corrected chi connectivity index (χ1v) is 4.49. The molecule has 66 valence electrons. The number of aromatic nitrogens is 2. The third-order valence-electron chi connectivity index (χ3n) is 2.13. The van der Waals surface area contributed by atoms with Crippen LogP contribution in [0.2, 0.25) is 0 Å². The second kappa shape index (κ2) is 3.44. The third kappa shape index (κ3) is 1.61. The van der Waals surface area contributed by atoms with E-state index in [0.717, 1.165) is 17.8 Å². The highest BCUT2D eigenvalue weighted by Gasteiger charge is 1.97. The van der Waals surface area contributed by atoms with Crippen molar-refractivity contribution >= 4 is 0 Å². The first-order chi connectivity index (χ1) is 6.40. The molecule has 0 radical (unpaired) electrons. The smallest absolute Gasteiger partial charge is 0.137 e. The lowest BCUT2D eigenvalue weighted by atomic mass is 10.1. The summed E-state index contributed by atoms with van der Waals surface area (Å²) in [4.78, 5) is 7.27. The number of aryl methyl sites for hydroxylation is 1. The molecule has 1 N–H and O–H groups in total. The maximum absolute atomic E-state index is 4.19. The van der Waals surface area contributed by atoms with Gasteiger partial charge in [0.15, 0.2) is 0 Å². The van der Waals surface area contributed by atoms with E-state index in [1.807, 2.05) is 6.20 Å². The number of rotatable bonds is 2. The summed E-state index contributed by atoms with van der Waals surface area (Å²) in [5, 5.41) is 0. The fourth-order valence-corrected chi connectivity index (χ4v) is 1.32. The summed E-state index contributed by atoms with van der Waals surface area (Å²) in [5.41, 5.74) is 2.50. The highest BCUT2D eigenvalue weighted by atomic mass is 14.9. The third-order valence-corrected chi connectivity index (χ3v) is 2.13. The lowest BCUT2D eigenvalue weighted by Crippen LogP contribution is -1.82. The van der Waals surface area contributed by atoms with Crippen molar-refractivity contribution in [2.24, 2.45) is 0 Å². The lowest BCUT2D eigenvalue weighted by molar-refractivity contribution is 1.14. The summed E-state index contributed by atoms with van der Waals surface area (Å²) < 4.78 is 0. The van der Waals surface area contributed by atoms with Gasteiger partial charge in [-0.05, 0) is 12.0 Å². The van der Waals surface area contributed by atoms with E-state index >= 15 is 0 Å². The Kier molecular flexibility index (Phi) is 2.13. The zero-order valence-electron chi connectivity index (χ0n) is 7.62. The van der Waals surface area contributed by atoms with Crippen LogP contribution in [0.1, 0.15) is 12.5 Å². The normalized spacial score (nSPS) is 10.2. The fourth-order valence-electron chi connectivity index (χ4n) is 1.32. The molecule has 0 aliphatic rings. The molecule has 2 aromatic rings. The van der Waals surface area contributed by atoms with Crippen molar-refractivity contribution in [3.05, 3.63) is 42.2 Å². The van der Waals surface area contributed by atoms with E-state index in [4.69, 9.17) is 0 Å². The minimum absolute atomic E-state index is 0.933. The molecule has 1 aromatic heterocycles. The Morgan fingerprint density at radius 2 is 2.00 bits per heavy atom. The molecule has 2 rings (SSSR count). The minimum Gasteiger partial charge on any atom is -0.345 e. The predicted octanol–water partition coefficient (Wildman–Crippen LogP) is 2.64. The number of hydrogen-bond acceptors (Lipinski definition) is 1. The van der Waals surface area contributed by atoms with Gasteiger partial charge in [0.25, 0.3) is 0 Å². The van der Waals surface area contributed by atoms with Crippen molar-refractivity contribution in [1.82, 2.24) is 9.97 Å². The van der Waals surface area contributed by atoms with E-state index in [-0.39, 0.29) is 0 Å². The molecule has 2 nitrogen and oxygen atoms in total. The van der Waals surface area contributed by atoms with Crippen LogP contribution < -0.4 is 0 Å². The maximum Gasteiger partial charge on any atom is 0.137 e.